The van der Waals surface area contributed by atoms with E-state index in [4.69, 9.17) is 4.74 Å². The van der Waals surface area contributed by atoms with Gasteiger partial charge in [-0.25, -0.2) is 18.7 Å². The van der Waals surface area contributed by atoms with Crippen LogP contribution in [0.4, 0.5) is 31.8 Å². The summed E-state index contributed by atoms with van der Waals surface area (Å²) in [6.07, 6.45) is 3.47. The van der Waals surface area contributed by atoms with E-state index in [1.165, 1.54) is 6.07 Å². The van der Waals surface area contributed by atoms with Gasteiger partial charge in [-0.05, 0) is 82.6 Å². The van der Waals surface area contributed by atoms with Crippen LogP contribution in [0, 0.1) is 11.6 Å². The van der Waals surface area contributed by atoms with E-state index in [9.17, 15) is 9.18 Å². The highest BCUT2D eigenvalue weighted by atomic mass is 19.1. The van der Waals surface area contributed by atoms with Crippen molar-refractivity contribution in [1.82, 2.24) is 14.9 Å². The van der Waals surface area contributed by atoms with Crippen LogP contribution in [0.15, 0.2) is 36.5 Å². The Balaban J connectivity index is 1.45. The second-order valence-electron chi connectivity index (χ2n) is 10.7. The number of piperidine rings is 1. The number of nitrogens with one attached hydrogen (secondary N) is 2. The van der Waals surface area contributed by atoms with Gasteiger partial charge in [-0.1, -0.05) is 13.0 Å². The molecule has 2 aliphatic heterocycles. The van der Waals surface area contributed by atoms with Gasteiger partial charge in [0.15, 0.2) is 17.4 Å². The number of aromatic nitrogens is 2. The van der Waals surface area contributed by atoms with Crippen molar-refractivity contribution in [3.05, 3.63) is 53.7 Å². The SMILES string of the molecule is CCC(=O)Nc1cc(Nc2ncc(F)c(-c3cc(F)c4c(c3)N(C(C)C)CCO4)n2)ccc1C1CCN(C)CC1. The largest absolute Gasteiger partial charge is 0.486 e. The zero-order valence-corrected chi connectivity index (χ0v) is 23.4. The average molecular weight is 551 g/mol. The number of amides is 1. The van der Waals surface area contributed by atoms with E-state index in [0.29, 0.717) is 42.4 Å². The van der Waals surface area contributed by atoms with Crippen molar-refractivity contribution in [2.24, 2.45) is 0 Å². The van der Waals surface area contributed by atoms with E-state index in [1.807, 2.05) is 43.9 Å². The Morgan fingerprint density at radius 3 is 2.62 bits per heavy atom. The van der Waals surface area contributed by atoms with E-state index in [0.717, 1.165) is 43.4 Å². The third-order valence-corrected chi connectivity index (χ3v) is 7.62. The first kappa shape index (κ1) is 27.8. The molecule has 0 saturated carbocycles. The van der Waals surface area contributed by atoms with Crippen LogP contribution in [-0.4, -0.2) is 60.1 Å². The number of benzene rings is 2. The molecule has 0 radical (unpaired) electrons. The molecule has 0 spiro atoms. The van der Waals surface area contributed by atoms with Crippen molar-refractivity contribution >= 4 is 28.9 Å². The molecule has 1 amide bonds. The summed E-state index contributed by atoms with van der Waals surface area (Å²) in [5.74, 6) is -0.619. The van der Waals surface area contributed by atoms with Gasteiger partial charge in [0.05, 0.1) is 18.4 Å². The highest BCUT2D eigenvalue weighted by Crippen LogP contribution is 2.40. The van der Waals surface area contributed by atoms with Gasteiger partial charge in [0.1, 0.15) is 12.3 Å². The summed E-state index contributed by atoms with van der Waals surface area (Å²) >= 11 is 0. The van der Waals surface area contributed by atoms with Crippen LogP contribution < -0.4 is 20.3 Å². The fourth-order valence-corrected chi connectivity index (χ4v) is 5.39. The van der Waals surface area contributed by atoms with E-state index in [-0.39, 0.29) is 29.3 Å². The van der Waals surface area contributed by atoms with E-state index in [1.54, 1.807) is 6.07 Å². The number of carbonyl (C=O) groups excluding carboxylic acids is 1. The molecule has 1 saturated heterocycles. The van der Waals surface area contributed by atoms with Crippen molar-refractivity contribution < 1.29 is 18.3 Å². The summed E-state index contributed by atoms with van der Waals surface area (Å²) < 4.78 is 35.6. The number of likely N-dealkylation sites (tertiary alicyclic amines) is 1. The maximum atomic E-state index is 15.1. The third-order valence-electron chi connectivity index (χ3n) is 7.62. The third kappa shape index (κ3) is 5.86. The van der Waals surface area contributed by atoms with E-state index < -0.39 is 11.6 Å². The molecule has 0 atom stereocenters. The van der Waals surface area contributed by atoms with Gasteiger partial charge in [0, 0.05) is 29.4 Å². The Bertz CT molecular complexity index is 1390. The van der Waals surface area contributed by atoms with Crippen molar-refractivity contribution in [2.45, 2.75) is 52.0 Å². The molecule has 1 fully saturated rings. The van der Waals surface area contributed by atoms with Crippen LogP contribution in [0.25, 0.3) is 11.3 Å². The fourth-order valence-electron chi connectivity index (χ4n) is 5.39. The summed E-state index contributed by atoms with van der Waals surface area (Å²) in [6.45, 7) is 8.84. The lowest BCUT2D eigenvalue weighted by atomic mass is 9.88. The number of halogens is 2. The van der Waals surface area contributed by atoms with Crippen LogP contribution >= 0.6 is 0 Å². The smallest absolute Gasteiger partial charge is 0.227 e. The quantitative estimate of drug-likeness (QED) is 0.377. The molecule has 212 valence electrons. The molecule has 0 unspecified atom stereocenters. The molecule has 3 heterocycles. The molecule has 2 aromatic carbocycles. The molecular formula is C30H36F2N6O2. The average Bonchev–Trinajstić information content (AvgIpc) is 2.94. The van der Waals surface area contributed by atoms with Gasteiger partial charge in [-0.15, -0.1) is 0 Å². The second kappa shape index (κ2) is 11.8. The van der Waals surface area contributed by atoms with E-state index >= 15 is 4.39 Å². The number of nitrogens with zero attached hydrogens (tertiary/aromatic N) is 4. The predicted molar refractivity (Wildman–Crippen MR) is 153 cm³/mol. The highest BCUT2D eigenvalue weighted by molar-refractivity contribution is 5.92. The molecule has 8 nitrogen and oxygen atoms in total. The second-order valence-corrected chi connectivity index (χ2v) is 10.7. The first-order chi connectivity index (χ1) is 19.2. The summed E-state index contributed by atoms with van der Waals surface area (Å²) in [4.78, 5) is 25.2. The van der Waals surface area contributed by atoms with Gasteiger partial charge < -0.3 is 25.2 Å². The molecule has 1 aromatic heterocycles. The van der Waals surface area contributed by atoms with Crippen LogP contribution in [-0.2, 0) is 4.79 Å². The monoisotopic (exact) mass is 550 g/mol. The van der Waals surface area contributed by atoms with E-state index in [2.05, 4.69) is 32.5 Å². The minimum atomic E-state index is -0.661. The predicted octanol–water partition coefficient (Wildman–Crippen LogP) is 5.93. The number of fused-ring (bicyclic) bond motifs is 1. The molecule has 0 bridgehead atoms. The topological polar surface area (TPSA) is 82.6 Å². The number of anilines is 4. The molecular weight excluding hydrogens is 514 g/mol. The summed E-state index contributed by atoms with van der Waals surface area (Å²) in [5, 5.41) is 6.17. The number of rotatable bonds is 7. The summed E-state index contributed by atoms with van der Waals surface area (Å²) in [5.41, 5.74) is 3.35. The maximum Gasteiger partial charge on any atom is 0.227 e. The standard InChI is InChI=1S/C30H36F2N6O2/c1-5-27(39)35-25-16-21(6-7-22(25)19-8-10-37(4)11-9-19)34-30-33-17-24(32)28(36-30)20-14-23(31)29-26(15-20)38(18(2)3)12-13-40-29/h6-7,14-19H,5,8-13H2,1-4H3,(H,35,39)(H,33,34,36). The molecule has 3 aromatic rings. The lowest BCUT2D eigenvalue weighted by Gasteiger charge is -2.34. The maximum absolute atomic E-state index is 15.1. The van der Waals surface area contributed by atoms with Gasteiger partial charge in [0.25, 0.3) is 0 Å². The van der Waals surface area contributed by atoms with Crippen LogP contribution in [0.5, 0.6) is 5.75 Å². The summed E-state index contributed by atoms with van der Waals surface area (Å²) in [6, 6.07) is 8.87. The molecule has 10 heteroatoms. The van der Waals surface area contributed by atoms with Crippen molar-refractivity contribution in [3.8, 4) is 17.0 Å². The van der Waals surface area contributed by atoms with Crippen molar-refractivity contribution in [1.29, 1.82) is 0 Å². The number of carbonyl (C=O) groups is 1. The molecule has 5 rings (SSSR count). The first-order valence-corrected chi connectivity index (χ1v) is 13.9. The van der Waals surface area contributed by atoms with Gasteiger partial charge >= 0.3 is 0 Å². The molecule has 2 N–H and O–H groups in total. The zero-order chi connectivity index (χ0) is 28.4. The normalized spacial score (nSPS) is 16.0. The highest BCUT2D eigenvalue weighted by Gasteiger charge is 2.26. The Hall–Kier alpha value is -3.79. The van der Waals surface area contributed by atoms with Gasteiger partial charge in [0.2, 0.25) is 11.9 Å². The minimum Gasteiger partial charge on any atom is -0.486 e. The van der Waals surface area contributed by atoms with Crippen LogP contribution in [0.1, 0.15) is 51.5 Å². The Labute approximate surface area is 233 Å². The lowest BCUT2D eigenvalue weighted by Crippen LogP contribution is -2.38. The number of hydrogen-bond acceptors (Lipinski definition) is 7. The van der Waals surface area contributed by atoms with Crippen molar-refractivity contribution in [3.63, 3.8) is 0 Å². The molecule has 2 aliphatic rings. The van der Waals surface area contributed by atoms with Gasteiger partial charge in [-0.3, -0.25) is 4.79 Å². The van der Waals surface area contributed by atoms with Crippen molar-refractivity contribution in [2.75, 3.05) is 48.8 Å². The zero-order valence-electron chi connectivity index (χ0n) is 23.4. The lowest BCUT2D eigenvalue weighted by molar-refractivity contribution is -0.115. The Morgan fingerprint density at radius 1 is 1.12 bits per heavy atom. The first-order valence-electron chi connectivity index (χ1n) is 13.9. The Kier molecular flexibility index (Phi) is 8.16. The Morgan fingerprint density at radius 2 is 1.90 bits per heavy atom. The van der Waals surface area contributed by atoms with Crippen LogP contribution in [0.3, 0.4) is 0 Å². The number of hydrogen-bond donors (Lipinski definition) is 2. The minimum absolute atomic E-state index is 0.0177. The fraction of sp³-hybridized carbons (Fsp3) is 0.433. The molecule has 0 aliphatic carbocycles. The number of ether oxygens (including phenoxy) is 1. The van der Waals surface area contributed by atoms with Gasteiger partial charge in [-0.2, -0.15) is 0 Å². The summed E-state index contributed by atoms with van der Waals surface area (Å²) in [7, 11) is 2.12. The van der Waals surface area contributed by atoms with Crippen LogP contribution in [0.2, 0.25) is 0 Å². The molecule has 40 heavy (non-hydrogen) atoms.